The number of anilines is 2. The number of halogens is 1. The van der Waals surface area contributed by atoms with Gasteiger partial charge in [-0.15, -0.1) is 0 Å². The number of para-hydroxylation sites is 1. The normalized spacial score (nSPS) is 10.6. The van der Waals surface area contributed by atoms with E-state index in [1.54, 1.807) is 41.1 Å². The number of amides is 2. The number of aryl methyl sites for hydroxylation is 1. The van der Waals surface area contributed by atoms with Crippen molar-refractivity contribution in [3.05, 3.63) is 63.9 Å². The Morgan fingerprint density at radius 1 is 1.15 bits per heavy atom. The van der Waals surface area contributed by atoms with Gasteiger partial charge in [-0.3, -0.25) is 19.1 Å². The van der Waals surface area contributed by atoms with Gasteiger partial charge in [-0.1, -0.05) is 23.7 Å². The van der Waals surface area contributed by atoms with Crippen LogP contribution in [0.3, 0.4) is 0 Å². The van der Waals surface area contributed by atoms with Gasteiger partial charge in [-0.2, -0.15) is 5.10 Å². The number of nitrogens with zero attached hydrogens (tertiary/aromatic N) is 2. The first-order valence-corrected chi connectivity index (χ1v) is 8.63. The third kappa shape index (κ3) is 4.51. The number of carbonyl (C=O) groups excluding carboxylic acids is 2. The van der Waals surface area contributed by atoms with Gasteiger partial charge in [0.05, 0.1) is 29.0 Å². The first-order valence-electron chi connectivity index (χ1n) is 8.26. The summed E-state index contributed by atoms with van der Waals surface area (Å²) in [7, 11) is 0. The molecule has 0 spiro atoms. The predicted molar refractivity (Wildman–Crippen MR) is 105 cm³/mol. The third-order valence-electron chi connectivity index (χ3n) is 3.87. The maximum Gasteiger partial charge on any atom is 0.226 e. The lowest BCUT2D eigenvalue weighted by molar-refractivity contribution is -0.116. The van der Waals surface area contributed by atoms with E-state index in [0.717, 1.165) is 0 Å². The molecule has 0 atom stereocenters. The number of carbonyl (C=O) groups is 2. The topological polar surface area (TPSA) is 93.1 Å². The number of hydrogen-bond acceptors (Lipinski definition) is 4. The highest BCUT2D eigenvalue weighted by Crippen LogP contribution is 2.25. The summed E-state index contributed by atoms with van der Waals surface area (Å²) in [4.78, 5) is 35.3. The quantitative estimate of drug-likeness (QED) is 0.707. The Morgan fingerprint density at radius 3 is 2.70 bits per heavy atom. The molecule has 1 heterocycles. The van der Waals surface area contributed by atoms with Crippen LogP contribution < -0.4 is 16.1 Å². The van der Waals surface area contributed by atoms with E-state index in [4.69, 9.17) is 11.6 Å². The fraction of sp³-hybridized carbons (Fsp3) is 0.158. The van der Waals surface area contributed by atoms with Crippen molar-refractivity contribution in [1.29, 1.82) is 0 Å². The Balaban J connectivity index is 1.70. The molecule has 0 saturated carbocycles. The zero-order chi connectivity index (χ0) is 19.4. The molecule has 2 N–H and O–H groups in total. The number of benzene rings is 2. The van der Waals surface area contributed by atoms with E-state index in [1.807, 2.05) is 6.07 Å². The van der Waals surface area contributed by atoms with Crippen LogP contribution in [-0.2, 0) is 16.1 Å². The number of fused-ring (bicyclic) bond motifs is 1. The molecule has 0 saturated heterocycles. The zero-order valence-electron chi connectivity index (χ0n) is 14.5. The van der Waals surface area contributed by atoms with Crippen LogP contribution in [0.15, 0.2) is 53.5 Å². The Kier molecular flexibility index (Phi) is 5.52. The van der Waals surface area contributed by atoms with Gasteiger partial charge in [-0.25, -0.2) is 0 Å². The maximum absolute atomic E-state index is 12.3. The minimum absolute atomic E-state index is 0.155. The van der Waals surface area contributed by atoms with Crippen LogP contribution in [0.5, 0.6) is 0 Å². The van der Waals surface area contributed by atoms with Crippen molar-refractivity contribution in [3.8, 4) is 0 Å². The number of hydrogen-bond donors (Lipinski definition) is 2. The highest BCUT2D eigenvalue weighted by molar-refractivity contribution is 6.33. The van der Waals surface area contributed by atoms with E-state index in [2.05, 4.69) is 15.7 Å². The molecular formula is C19H17ClN4O3. The summed E-state index contributed by atoms with van der Waals surface area (Å²) in [5, 5.41) is 10.4. The summed E-state index contributed by atoms with van der Waals surface area (Å²) in [6.07, 6.45) is 1.41. The van der Waals surface area contributed by atoms with Gasteiger partial charge in [0.2, 0.25) is 17.2 Å². The third-order valence-corrected chi connectivity index (χ3v) is 4.20. The largest absolute Gasteiger partial charge is 0.326 e. The molecule has 2 aromatic carbocycles. The van der Waals surface area contributed by atoms with E-state index in [0.29, 0.717) is 33.8 Å². The molecule has 0 aliphatic rings. The molecule has 3 rings (SSSR count). The lowest BCUT2D eigenvalue weighted by Crippen LogP contribution is -2.18. The van der Waals surface area contributed by atoms with Gasteiger partial charge in [0, 0.05) is 24.4 Å². The van der Waals surface area contributed by atoms with Crippen molar-refractivity contribution < 1.29 is 9.59 Å². The van der Waals surface area contributed by atoms with Crippen LogP contribution in [0.25, 0.3) is 10.9 Å². The highest BCUT2D eigenvalue weighted by Gasteiger charge is 2.09. The van der Waals surface area contributed by atoms with E-state index in [-0.39, 0.29) is 23.7 Å². The zero-order valence-corrected chi connectivity index (χ0v) is 15.3. The van der Waals surface area contributed by atoms with Crippen LogP contribution in [-0.4, -0.2) is 21.6 Å². The SMILES string of the molecule is CC(=O)Nc1cc(NC(=O)CCn2ncc(=O)c3ccccc32)ccc1Cl. The number of nitrogens with one attached hydrogen (secondary N) is 2. The average molecular weight is 385 g/mol. The number of rotatable bonds is 5. The fourth-order valence-electron chi connectivity index (χ4n) is 2.66. The molecule has 2 amide bonds. The Hall–Kier alpha value is -3.19. The van der Waals surface area contributed by atoms with Crippen molar-refractivity contribution in [3.63, 3.8) is 0 Å². The minimum Gasteiger partial charge on any atom is -0.326 e. The molecule has 0 unspecified atom stereocenters. The Morgan fingerprint density at radius 2 is 1.93 bits per heavy atom. The van der Waals surface area contributed by atoms with Crippen LogP contribution >= 0.6 is 11.6 Å². The Bertz CT molecular complexity index is 1080. The van der Waals surface area contributed by atoms with Gasteiger partial charge in [0.25, 0.3) is 0 Å². The summed E-state index contributed by atoms with van der Waals surface area (Å²) < 4.78 is 1.63. The summed E-state index contributed by atoms with van der Waals surface area (Å²) in [6, 6.07) is 12.0. The van der Waals surface area contributed by atoms with Crippen molar-refractivity contribution in [2.24, 2.45) is 0 Å². The highest BCUT2D eigenvalue weighted by atomic mass is 35.5. The van der Waals surface area contributed by atoms with Gasteiger partial charge in [0.15, 0.2) is 0 Å². The molecular weight excluding hydrogens is 368 g/mol. The van der Waals surface area contributed by atoms with Crippen molar-refractivity contribution in [2.45, 2.75) is 19.9 Å². The first kappa shape index (κ1) is 18.6. The summed E-state index contributed by atoms with van der Waals surface area (Å²) >= 11 is 6.02. The van der Waals surface area contributed by atoms with Crippen LogP contribution in [0, 0.1) is 0 Å². The van der Waals surface area contributed by atoms with E-state index < -0.39 is 0 Å². The lowest BCUT2D eigenvalue weighted by atomic mass is 10.2. The number of aromatic nitrogens is 2. The molecule has 0 fully saturated rings. The molecule has 8 heteroatoms. The van der Waals surface area contributed by atoms with Crippen molar-refractivity contribution in [1.82, 2.24) is 9.78 Å². The second-order valence-electron chi connectivity index (χ2n) is 5.92. The lowest BCUT2D eigenvalue weighted by Gasteiger charge is -2.11. The smallest absolute Gasteiger partial charge is 0.226 e. The molecule has 27 heavy (non-hydrogen) atoms. The van der Waals surface area contributed by atoms with Crippen LogP contribution in [0.4, 0.5) is 11.4 Å². The molecule has 3 aromatic rings. The van der Waals surface area contributed by atoms with Gasteiger partial charge >= 0.3 is 0 Å². The van der Waals surface area contributed by atoms with Gasteiger partial charge in [0.1, 0.15) is 0 Å². The fourth-order valence-corrected chi connectivity index (χ4v) is 2.82. The monoisotopic (exact) mass is 384 g/mol. The van der Waals surface area contributed by atoms with Crippen molar-refractivity contribution >= 4 is 45.7 Å². The molecule has 138 valence electrons. The molecule has 7 nitrogen and oxygen atoms in total. The Labute approximate surface area is 160 Å². The average Bonchev–Trinajstić information content (AvgIpc) is 2.64. The molecule has 0 radical (unpaired) electrons. The molecule has 1 aromatic heterocycles. The summed E-state index contributed by atoms with van der Waals surface area (Å²) in [5.41, 5.74) is 1.47. The second kappa shape index (κ2) is 8.01. The second-order valence-corrected chi connectivity index (χ2v) is 6.33. The molecule has 0 aliphatic heterocycles. The van der Waals surface area contributed by atoms with Gasteiger partial charge < -0.3 is 10.6 Å². The summed E-state index contributed by atoms with van der Waals surface area (Å²) in [6.45, 7) is 1.70. The summed E-state index contributed by atoms with van der Waals surface area (Å²) in [5.74, 6) is -0.479. The van der Waals surface area contributed by atoms with E-state index >= 15 is 0 Å². The molecule has 0 bridgehead atoms. The van der Waals surface area contributed by atoms with Crippen LogP contribution in [0.1, 0.15) is 13.3 Å². The van der Waals surface area contributed by atoms with Gasteiger partial charge in [-0.05, 0) is 30.3 Å². The molecule has 0 aliphatic carbocycles. The van der Waals surface area contributed by atoms with Crippen LogP contribution in [0.2, 0.25) is 5.02 Å². The van der Waals surface area contributed by atoms with E-state index in [1.165, 1.54) is 13.1 Å². The van der Waals surface area contributed by atoms with E-state index in [9.17, 15) is 14.4 Å². The minimum atomic E-state index is -0.253. The maximum atomic E-state index is 12.3. The predicted octanol–water partition coefficient (Wildman–Crippen LogP) is 3.04. The van der Waals surface area contributed by atoms with Crippen molar-refractivity contribution in [2.75, 3.05) is 10.6 Å². The first-order chi connectivity index (χ1) is 12.9. The standard InChI is InChI=1S/C19H17ClN4O3/c1-12(25)22-16-10-13(6-7-15(16)20)23-19(27)8-9-24-17-5-3-2-4-14(17)18(26)11-21-24/h2-7,10-11H,8-9H2,1H3,(H,22,25)(H,23,27).